The van der Waals surface area contributed by atoms with Crippen molar-refractivity contribution in [3.05, 3.63) is 27.5 Å². The molecule has 2 rings (SSSR count). The number of aromatic hydroxyl groups is 1. The average molecular weight is 339 g/mol. The van der Waals surface area contributed by atoms with Crippen molar-refractivity contribution in [1.29, 1.82) is 0 Å². The third-order valence-electron chi connectivity index (χ3n) is 4.67. The molecule has 1 atom stereocenters. The monoisotopic (exact) mass is 338 g/mol. The number of halogens is 1. The molecule has 0 fully saturated rings. The van der Waals surface area contributed by atoms with Crippen LogP contribution in [0.4, 0.5) is 0 Å². The summed E-state index contributed by atoms with van der Waals surface area (Å²) in [5, 5.41) is 12.1. The molecule has 1 aromatic carbocycles. The van der Waals surface area contributed by atoms with Crippen molar-refractivity contribution in [2.45, 2.75) is 65.9 Å². The van der Waals surface area contributed by atoms with Crippen LogP contribution in [0.25, 0.3) is 11.0 Å². The van der Waals surface area contributed by atoms with E-state index in [4.69, 9.17) is 20.8 Å². The highest BCUT2D eigenvalue weighted by Crippen LogP contribution is 2.42. The van der Waals surface area contributed by atoms with E-state index in [0.717, 1.165) is 59.9 Å². The van der Waals surface area contributed by atoms with E-state index in [1.54, 1.807) is 7.11 Å². The third-order valence-corrected chi connectivity index (χ3v) is 5.12. The Kier molecular flexibility index (Phi) is 5.99. The predicted octanol–water partition coefficient (Wildman–Crippen LogP) is 5.72. The zero-order valence-electron chi connectivity index (χ0n) is 14.8. The second-order valence-corrected chi connectivity index (χ2v) is 6.69. The van der Waals surface area contributed by atoms with Gasteiger partial charge in [0.2, 0.25) is 0 Å². The van der Waals surface area contributed by atoms with Crippen molar-refractivity contribution in [1.82, 2.24) is 0 Å². The maximum atomic E-state index is 10.7. The summed E-state index contributed by atoms with van der Waals surface area (Å²) in [7, 11) is 1.73. The van der Waals surface area contributed by atoms with Gasteiger partial charge in [-0.2, -0.15) is 0 Å². The van der Waals surface area contributed by atoms with Crippen LogP contribution in [0.3, 0.4) is 0 Å². The Hall–Kier alpha value is -1.19. The molecule has 0 radical (unpaired) electrons. The zero-order chi connectivity index (χ0) is 17.1. The van der Waals surface area contributed by atoms with Gasteiger partial charge < -0.3 is 14.3 Å². The van der Waals surface area contributed by atoms with Crippen LogP contribution in [0, 0.1) is 13.8 Å². The second kappa shape index (κ2) is 7.59. The normalized spacial score (nSPS) is 13.0. The molecule has 128 valence electrons. The largest absolute Gasteiger partial charge is 0.507 e. The summed E-state index contributed by atoms with van der Waals surface area (Å²) in [6.45, 7) is 8.11. The van der Waals surface area contributed by atoms with Crippen LogP contribution >= 0.6 is 11.6 Å². The minimum atomic E-state index is 0.245. The van der Waals surface area contributed by atoms with Gasteiger partial charge in [0, 0.05) is 19.1 Å². The number of fused-ring (bicyclic) bond motifs is 1. The van der Waals surface area contributed by atoms with E-state index < -0.39 is 0 Å². The summed E-state index contributed by atoms with van der Waals surface area (Å²) in [6, 6.07) is 0. The van der Waals surface area contributed by atoms with Gasteiger partial charge in [-0.1, -0.05) is 24.9 Å². The van der Waals surface area contributed by atoms with E-state index >= 15 is 0 Å². The Bertz CT molecular complexity index is 688. The number of benzene rings is 1. The Morgan fingerprint density at radius 1 is 1.22 bits per heavy atom. The Balaban J connectivity index is 2.41. The number of rotatable bonds is 7. The zero-order valence-corrected chi connectivity index (χ0v) is 15.5. The summed E-state index contributed by atoms with van der Waals surface area (Å²) in [5.74, 6) is 1.25. The Morgan fingerprint density at radius 3 is 2.52 bits per heavy atom. The molecule has 1 heterocycles. The number of hydrogen-bond acceptors (Lipinski definition) is 3. The quantitative estimate of drug-likeness (QED) is 0.702. The van der Waals surface area contributed by atoms with E-state index in [1.165, 1.54) is 0 Å². The number of methoxy groups -OCH3 is 1. The fourth-order valence-corrected chi connectivity index (χ4v) is 3.34. The van der Waals surface area contributed by atoms with Crippen molar-refractivity contribution in [2.24, 2.45) is 0 Å². The van der Waals surface area contributed by atoms with E-state index in [9.17, 15) is 5.11 Å². The van der Waals surface area contributed by atoms with Gasteiger partial charge in [-0.15, -0.1) is 0 Å². The second-order valence-electron chi connectivity index (χ2n) is 6.31. The molecule has 2 aromatic rings. The van der Waals surface area contributed by atoms with E-state index in [0.29, 0.717) is 16.4 Å². The van der Waals surface area contributed by atoms with Gasteiger partial charge in [0.15, 0.2) is 5.58 Å². The van der Waals surface area contributed by atoms with E-state index in [2.05, 4.69) is 13.8 Å². The summed E-state index contributed by atoms with van der Waals surface area (Å²) in [5.41, 5.74) is 3.48. The Labute approximate surface area is 143 Å². The molecule has 1 aromatic heterocycles. The Morgan fingerprint density at radius 2 is 1.91 bits per heavy atom. The van der Waals surface area contributed by atoms with Gasteiger partial charge in [-0.25, -0.2) is 0 Å². The first kappa shape index (κ1) is 18.2. The highest BCUT2D eigenvalue weighted by Gasteiger charge is 2.22. The molecule has 0 spiro atoms. The molecule has 0 saturated carbocycles. The predicted molar refractivity (Wildman–Crippen MR) is 95.8 cm³/mol. The van der Waals surface area contributed by atoms with Gasteiger partial charge in [-0.3, -0.25) is 0 Å². The minimum Gasteiger partial charge on any atom is -0.507 e. The molecular weight excluding hydrogens is 312 g/mol. The lowest BCUT2D eigenvalue weighted by molar-refractivity contribution is 0.109. The number of furan rings is 1. The molecule has 1 N–H and O–H groups in total. The summed E-state index contributed by atoms with van der Waals surface area (Å²) >= 11 is 6.51. The topological polar surface area (TPSA) is 42.6 Å². The fourth-order valence-electron chi connectivity index (χ4n) is 3.09. The maximum Gasteiger partial charge on any atom is 0.157 e. The summed E-state index contributed by atoms with van der Waals surface area (Å²) in [4.78, 5) is 0. The summed E-state index contributed by atoms with van der Waals surface area (Å²) in [6.07, 6.45) is 4.82. The maximum absolute atomic E-state index is 10.7. The molecule has 23 heavy (non-hydrogen) atoms. The van der Waals surface area contributed by atoms with Crippen LogP contribution in [0.1, 0.15) is 55.6 Å². The van der Waals surface area contributed by atoms with Crippen molar-refractivity contribution >= 4 is 22.6 Å². The van der Waals surface area contributed by atoms with Gasteiger partial charge in [0.1, 0.15) is 11.5 Å². The lowest BCUT2D eigenvalue weighted by atomic mass is 9.98. The third kappa shape index (κ3) is 3.51. The highest BCUT2D eigenvalue weighted by atomic mass is 35.5. The van der Waals surface area contributed by atoms with Crippen LogP contribution in [0.2, 0.25) is 5.02 Å². The smallest absolute Gasteiger partial charge is 0.157 e. The van der Waals surface area contributed by atoms with Crippen LogP contribution in [0.5, 0.6) is 5.75 Å². The highest BCUT2D eigenvalue weighted by molar-refractivity contribution is 6.36. The van der Waals surface area contributed by atoms with E-state index in [1.807, 2.05) is 13.8 Å². The average Bonchev–Trinajstić information content (AvgIpc) is 2.86. The van der Waals surface area contributed by atoms with Gasteiger partial charge in [-0.05, 0) is 51.2 Å². The van der Waals surface area contributed by atoms with Crippen molar-refractivity contribution < 1.29 is 14.3 Å². The fraction of sp³-hybridized carbons (Fsp3) is 0.579. The number of phenolic OH excluding ortho intramolecular Hbond substituents is 1. The number of phenols is 1. The molecule has 0 aliphatic heterocycles. The van der Waals surface area contributed by atoms with Gasteiger partial charge >= 0.3 is 0 Å². The molecule has 4 heteroatoms. The van der Waals surface area contributed by atoms with Crippen molar-refractivity contribution in [3.8, 4) is 5.75 Å². The molecule has 0 amide bonds. The molecule has 0 aliphatic carbocycles. The first-order valence-electron chi connectivity index (χ1n) is 8.36. The lowest BCUT2D eigenvalue weighted by Gasteiger charge is -2.10. The van der Waals surface area contributed by atoms with Crippen LogP contribution in [0.15, 0.2) is 4.42 Å². The standard InChI is InChI=1S/C19H27ClO3/c1-6-8-14-12(3)17(20)19-16(18(14)21)13(4)15(23-19)10-7-9-11(2)22-5/h11,21H,6-10H2,1-5H3. The molecule has 3 nitrogen and oxygen atoms in total. The number of hydrogen-bond donors (Lipinski definition) is 1. The number of ether oxygens (including phenoxy) is 1. The first-order chi connectivity index (χ1) is 10.9. The molecule has 0 bridgehead atoms. The molecule has 0 aliphatic rings. The van der Waals surface area contributed by atoms with Crippen LogP contribution < -0.4 is 0 Å². The lowest BCUT2D eigenvalue weighted by Crippen LogP contribution is -2.04. The van der Waals surface area contributed by atoms with Crippen molar-refractivity contribution in [2.75, 3.05) is 7.11 Å². The van der Waals surface area contributed by atoms with Gasteiger partial charge in [0.25, 0.3) is 0 Å². The van der Waals surface area contributed by atoms with E-state index in [-0.39, 0.29) is 6.10 Å². The first-order valence-corrected chi connectivity index (χ1v) is 8.74. The van der Waals surface area contributed by atoms with Crippen molar-refractivity contribution in [3.63, 3.8) is 0 Å². The molecular formula is C19H27ClO3. The summed E-state index contributed by atoms with van der Waals surface area (Å²) < 4.78 is 11.3. The SMILES string of the molecule is CCCc1c(C)c(Cl)c2oc(CCCC(C)OC)c(C)c2c1O. The number of aryl methyl sites for hydroxylation is 2. The molecule has 0 saturated heterocycles. The minimum absolute atomic E-state index is 0.245. The molecule has 1 unspecified atom stereocenters. The van der Waals surface area contributed by atoms with Gasteiger partial charge in [0.05, 0.1) is 16.5 Å². The van der Waals surface area contributed by atoms with Crippen LogP contribution in [-0.2, 0) is 17.6 Å². The van der Waals surface area contributed by atoms with Crippen LogP contribution in [-0.4, -0.2) is 18.3 Å².